The number of carbonyl (C=O) groups excluding carboxylic acids is 1. The first kappa shape index (κ1) is 13.8. The molecule has 2 heterocycles. The Kier molecular flexibility index (Phi) is 4.77. The van der Waals surface area contributed by atoms with Gasteiger partial charge in [0.25, 0.3) is 0 Å². The molecule has 104 valence electrons. The van der Waals surface area contributed by atoms with Crippen LogP contribution in [0, 0.1) is 5.92 Å². The van der Waals surface area contributed by atoms with Crippen molar-refractivity contribution >= 4 is 11.8 Å². The molecule has 2 rings (SSSR count). The van der Waals surface area contributed by atoms with Gasteiger partial charge in [-0.25, -0.2) is 9.78 Å². The van der Waals surface area contributed by atoms with Gasteiger partial charge in [-0.3, -0.25) is 0 Å². The number of anilines is 1. The normalized spacial score (nSPS) is 16.4. The maximum Gasteiger partial charge on any atom is 0.338 e. The summed E-state index contributed by atoms with van der Waals surface area (Å²) in [7, 11) is 1.40. The Morgan fingerprint density at radius 1 is 1.47 bits per heavy atom. The number of carbonyl (C=O) groups is 1. The van der Waals surface area contributed by atoms with E-state index in [9.17, 15) is 4.79 Å². The highest BCUT2D eigenvalue weighted by molar-refractivity contribution is 5.90. The monoisotopic (exact) mass is 262 g/mol. The van der Waals surface area contributed by atoms with Crippen LogP contribution in [-0.2, 0) is 4.74 Å². The fourth-order valence-electron chi connectivity index (χ4n) is 2.70. The number of hydrogen-bond acceptors (Lipinski definition) is 4. The van der Waals surface area contributed by atoms with E-state index in [4.69, 9.17) is 4.74 Å². The quantitative estimate of drug-likeness (QED) is 0.782. The number of ether oxygens (including phenoxy) is 1. The van der Waals surface area contributed by atoms with E-state index in [0.29, 0.717) is 5.56 Å². The molecule has 19 heavy (non-hydrogen) atoms. The summed E-state index contributed by atoms with van der Waals surface area (Å²) >= 11 is 0. The molecule has 0 spiro atoms. The van der Waals surface area contributed by atoms with Gasteiger partial charge in [0.2, 0.25) is 0 Å². The van der Waals surface area contributed by atoms with E-state index < -0.39 is 0 Å². The Labute approximate surface area is 114 Å². The molecule has 0 amide bonds. The van der Waals surface area contributed by atoms with Gasteiger partial charge in [-0.05, 0) is 30.9 Å². The number of esters is 1. The summed E-state index contributed by atoms with van der Waals surface area (Å²) < 4.78 is 4.74. The van der Waals surface area contributed by atoms with Crippen LogP contribution in [0.15, 0.2) is 18.3 Å². The first-order chi connectivity index (χ1) is 9.24. The highest BCUT2D eigenvalue weighted by Gasteiger charge is 2.20. The molecule has 0 N–H and O–H groups in total. The smallest absolute Gasteiger partial charge is 0.338 e. The lowest BCUT2D eigenvalue weighted by atomic mass is 9.92. The van der Waals surface area contributed by atoms with Crippen LogP contribution in [0.2, 0.25) is 0 Å². The fraction of sp³-hybridized carbons (Fsp3) is 0.600. The molecule has 0 unspecified atom stereocenters. The van der Waals surface area contributed by atoms with E-state index in [0.717, 1.165) is 24.8 Å². The second kappa shape index (κ2) is 6.55. The van der Waals surface area contributed by atoms with Crippen molar-refractivity contribution in [3.8, 4) is 0 Å². The van der Waals surface area contributed by atoms with Gasteiger partial charge in [0, 0.05) is 19.3 Å². The summed E-state index contributed by atoms with van der Waals surface area (Å²) in [5.74, 6) is 1.44. The third-order valence-corrected chi connectivity index (χ3v) is 3.80. The molecule has 4 nitrogen and oxygen atoms in total. The summed E-state index contributed by atoms with van der Waals surface area (Å²) in [5.41, 5.74) is 0.572. The molecule has 0 aromatic carbocycles. The number of piperidine rings is 1. The van der Waals surface area contributed by atoms with Gasteiger partial charge in [-0.1, -0.05) is 19.8 Å². The average Bonchev–Trinajstić information content (AvgIpc) is 2.48. The summed E-state index contributed by atoms with van der Waals surface area (Å²) in [5, 5.41) is 0. The Bertz CT molecular complexity index is 426. The highest BCUT2D eigenvalue weighted by Crippen LogP contribution is 2.25. The van der Waals surface area contributed by atoms with Crippen molar-refractivity contribution in [3.05, 3.63) is 23.9 Å². The molecule has 1 saturated heterocycles. The predicted molar refractivity (Wildman–Crippen MR) is 75.4 cm³/mol. The number of aromatic nitrogens is 1. The van der Waals surface area contributed by atoms with E-state index in [1.165, 1.54) is 32.8 Å². The van der Waals surface area contributed by atoms with Crippen LogP contribution in [0.3, 0.4) is 0 Å². The summed E-state index contributed by atoms with van der Waals surface area (Å²) in [6.07, 6.45) is 6.71. The molecular formula is C15H22N2O2. The minimum absolute atomic E-state index is 0.301. The lowest BCUT2D eigenvalue weighted by Gasteiger charge is -2.32. The van der Waals surface area contributed by atoms with Gasteiger partial charge >= 0.3 is 5.97 Å². The summed E-state index contributed by atoms with van der Waals surface area (Å²) in [4.78, 5) is 18.1. The molecule has 1 aromatic rings. The maximum absolute atomic E-state index is 11.5. The van der Waals surface area contributed by atoms with Crippen molar-refractivity contribution < 1.29 is 9.53 Å². The highest BCUT2D eigenvalue weighted by atomic mass is 16.5. The van der Waals surface area contributed by atoms with Crippen LogP contribution < -0.4 is 4.90 Å². The predicted octanol–water partition coefficient (Wildman–Crippen LogP) is 2.88. The van der Waals surface area contributed by atoms with E-state index in [2.05, 4.69) is 16.8 Å². The zero-order chi connectivity index (χ0) is 13.7. The van der Waals surface area contributed by atoms with E-state index in [1.807, 2.05) is 6.07 Å². The molecule has 1 aliphatic heterocycles. The SMILES string of the molecule is CCCC1CCN(c2cc(C(=O)OC)ccn2)CC1. The second-order valence-corrected chi connectivity index (χ2v) is 5.11. The number of nitrogens with zero attached hydrogens (tertiary/aromatic N) is 2. The van der Waals surface area contributed by atoms with Crippen LogP contribution in [0.4, 0.5) is 5.82 Å². The fourth-order valence-corrected chi connectivity index (χ4v) is 2.70. The van der Waals surface area contributed by atoms with E-state index in [-0.39, 0.29) is 5.97 Å². The van der Waals surface area contributed by atoms with Crippen molar-refractivity contribution in [2.75, 3.05) is 25.1 Å². The Morgan fingerprint density at radius 3 is 2.84 bits per heavy atom. The van der Waals surface area contributed by atoms with Gasteiger partial charge in [-0.15, -0.1) is 0 Å². The van der Waals surface area contributed by atoms with Crippen LogP contribution in [-0.4, -0.2) is 31.2 Å². The Balaban J connectivity index is 2.01. The molecule has 0 bridgehead atoms. The summed E-state index contributed by atoms with van der Waals surface area (Å²) in [6, 6.07) is 3.52. The van der Waals surface area contributed by atoms with Crippen molar-refractivity contribution in [2.45, 2.75) is 32.6 Å². The number of methoxy groups -OCH3 is 1. The van der Waals surface area contributed by atoms with E-state index in [1.54, 1.807) is 12.3 Å². The number of hydrogen-bond donors (Lipinski definition) is 0. The molecule has 0 atom stereocenters. The van der Waals surface area contributed by atoms with Gasteiger partial charge in [0.1, 0.15) is 5.82 Å². The zero-order valence-corrected chi connectivity index (χ0v) is 11.8. The summed E-state index contributed by atoms with van der Waals surface area (Å²) in [6.45, 7) is 4.30. The number of rotatable bonds is 4. The third-order valence-electron chi connectivity index (χ3n) is 3.80. The average molecular weight is 262 g/mol. The zero-order valence-electron chi connectivity index (χ0n) is 11.8. The molecule has 0 radical (unpaired) electrons. The van der Waals surface area contributed by atoms with E-state index >= 15 is 0 Å². The first-order valence-corrected chi connectivity index (χ1v) is 7.04. The van der Waals surface area contributed by atoms with Gasteiger partial charge in [0.05, 0.1) is 12.7 Å². The molecule has 0 aliphatic carbocycles. The van der Waals surface area contributed by atoms with Crippen molar-refractivity contribution in [1.29, 1.82) is 0 Å². The molecule has 1 aromatic heterocycles. The van der Waals surface area contributed by atoms with Crippen LogP contribution in [0.5, 0.6) is 0 Å². The van der Waals surface area contributed by atoms with Crippen LogP contribution >= 0.6 is 0 Å². The second-order valence-electron chi connectivity index (χ2n) is 5.11. The Morgan fingerprint density at radius 2 is 2.21 bits per heavy atom. The molecule has 0 saturated carbocycles. The lowest BCUT2D eigenvalue weighted by molar-refractivity contribution is 0.0600. The van der Waals surface area contributed by atoms with Gasteiger partial charge in [-0.2, -0.15) is 0 Å². The molecule has 1 fully saturated rings. The number of pyridine rings is 1. The van der Waals surface area contributed by atoms with Crippen molar-refractivity contribution in [3.63, 3.8) is 0 Å². The van der Waals surface area contributed by atoms with Crippen molar-refractivity contribution in [1.82, 2.24) is 4.98 Å². The lowest BCUT2D eigenvalue weighted by Crippen LogP contribution is -2.34. The van der Waals surface area contributed by atoms with Crippen molar-refractivity contribution in [2.24, 2.45) is 5.92 Å². The minimum atomic E-state index is -0.301. The Hall–Kier alpha value is -1.58. The maximum atomic E-state index is 11.5. The molecule has 4 heteroatoms. The van der Waals surface area contributed by atoms with Crippen LogP contribution in [0.25, 0.3) is 0 Å². The standard InChI is InChI=1S/C15H22N2O2/c1-3-4-12-6-9-17(10-7-12)14-11-13(5-8-16-14)15(18)19-2/h5,8,11-12H,3-4,6-7,9-10H2,1-2H3. The molecule has 1 aliphatic rings. The first-order valence-electron chi connectivity index (χ1n) is 7.04. The topological polar surface area (TPSA) is 42.4 Å². The largest absolute Gasteiger partial charge is 0.465 e. The minimum Gasteiger partial charge on any atom is -0.465 e. The van der Waals surface area contributed by atoms with Crippen LogP contribution in [0.1, 0.15) is 43.0 Å². The van der Waals surface area contributed by atoms with Gasteiger partial charge in [0.15, 0.2) is 0 Å². The van der Waals surface area contributed by atoms with Gasteiger partial charge < -0.3 is 9.64 Å². The molecular weight excluding hydrogens is 240 g/mol. The third kappa shape index (κ3) is 3.46.